The number of halogens is 1. The van der Waals surface area contributed by atoms with Crippen LogP contribution in [0.3, 0.4) is 0 Å². The maximum atomic E-state index is 12.6. The lowest BCUT2D eigenvalue weighted by Gasteiger charge is -2.31. The lowest BCUT2D eigenvalue weighted by Crippen LogP contribution is -2.42. The quantitative estimate of drug-likeness (QED) is 0.799. The molecule has 1 fully saturated rings. The molecule has 1 aromatic heterocycles. The second-order valence-electron chi connectivity index (χ2n) is 4.98. The molecule has 0 radical (unpaired) electrons. The summed E-state index contributed by atoms with van der Waals surface area (Å²) < 4.78 is 31.5. The molecule has 118 valence electrons. The molecule has 0 aromatic carbocycles. The minimum Gasteiger partial charge on any atom is -0.475 e. The molecule has 1 aromatic rings. The number of sulfonamides is 1. The van der Waals surface area contributed by atoms with E-state index in [1.165, 1.54) is 4.31 Å². The van der Waals surface area contributed by atoms with Gasteiger partial charge in [-0.2, -0.15) is 4.31 Å². The molecule has 21 heavy (non-hydrogen) atoms. The van der Waals surface area contributed by atoms with E-state index < -0.39 is 21.8 Å². The largest absolute Gasteiger partial charge is 0.475 e. The highest BCUT2D eigenvalue weighted by Crippen LogP contribution is 2.31. The number of nitrogens with one attached hydrogen (secondary N) is 1. The third kappa shape index (κ3) is 3.47. The first-order valence-corrected chi connectivity index (χ1v) is 8.77. The fourth-order valence-corrected chi connectivity index (χ4v) is 4.93. The average molecular weight is 381 g/mol. The molecule has 1 atom stereocenters. The second-order valence-corrected chi connectivity index (χ2v) is 7.61. The van der Waals surface area contributed by atoms with E-state index in [0.29, 0.717) is 13.1 Å². The van der Waals surface area contributed by atoms with Gasteiger partial charge in [-0.1, -0.05) is 0 Å². The monoisotopic (exact) mass is 380 g/mol. The molecule has 2 rings (SSSR count). The number of nitrogens with zero attached hydrogens (tertiary/aromatic N) is 1. The minimum absolute atomic E-state index is 0.0735. The van der Waals surface area contributed by atoms with Crippen LogP contribution in [0.15, 0.2) is 20.0 Å². The van der Waals surface area contributed by atoms with Crippen LogP contribution in [0.1, 0.15) is 23.4 Å². The fraction of sp³-hybridized carbons (Fsp3) is 0.583. The van der Waals surface area contributed by atoms with Gasteiger partial charge in [0.2, 0.25) is 15.8 Å². The summed E-state index contributed by atoms with van der Waals surface area (Å²) in [6.45, 7) is 1.60. The maximum absolute atomic E-state index is 12.6. The Hall–Kier alpha value is -0.900. The zero-order valence-electron chi connectivity index (χ0n) is 11.5. The van der Waals surface area contributed by atoms with Gasteiger partial charge in [-0.15, -0.1) is 0 Å². The molecule has 7 nitrogen and oxygen atoms in total. The molecule has 0 bridgehead atoms. The van der Waals surface area contributed by atoms with Crippen LogP contribution in [0, 0.1) is 5.92 Å². The third-order valence-corrected chi connectivity index (χ3v) is 6.18. The number of carboxylic acid groups (broad SMARTS) is 1. The van der Waals surface area contributed by atoms with Crippen molar-refractivity contribution in [3.05, 3.63) is 16.5 Å². The van der Waals surface area contributed by atoms with Gasteiger partial charge < -0.3 is 14.8 Å². The van der Waals surface area contributed by atoms with Crippen LogP contribution in [-0.2, 0) is 10.0 Å². The summed E-state index contributed by atoms with van der Waals surface area (Å²) in [4.78, 5) is 10.7. The van der Waals surface area contributed by atoms with Crippen LogP contribution in [0.4, 0.5) is 0 Å². The summed E-state index contributed by atoms with van der Waals surface area (Å²) in [5.41, 5.74) is 0. The highest BCUT2D eigenvalue weighted by atomic mass is 79.9. The number of carbonyl (C=O) groups is 1. The molecule has 1 unspecified atom stereocenters. The van der Waals surface area contributed by atoms with E-state index in [1.807, 2.05) is 7.05 Å². The van der Waals surface area contributed by atoms with Crippen molar-refractivity contribution in [1.29, 1.82) is 0 Å². The van der Waals surface area contributed by atoms with Crippen LogP contribution >= 0.6 is 15.9 Å². The molecule has 2 heterocycles. The van der Waals surface area contributed by atoms with Gasteiger partial charge in [0, 0.05) is 19.2 Å². The normalized spacial score (nSPS) is 20.6. The molecule has 1 aliphatic rings. The van der Waals surface area contributed by atoms with Gasteiger partial charge in [0.1, 0.15) is 4.90 Å². The average Bonchev–Trinajstić information content (AvgIpc) is 2.82. The Bertz CT molecular complexity index is 626. The van der Waals surface area contributed by atoms with E-state index in [2.05, 4.69) is 21.2 Å². The van der Waals surface area contributed by atoms with Gasteiger partial charge in [0.25, 0.3) is 0 Å². The second kappa shape index (κ2) is 6.47. The fourth-order valence-electron chi connectivity index (χ4n) is 2.47. The first-order chi connectivity index (χ1) is 9.86. The molecule has 0 spiro atoms. The Morgan fingerprint density at radius 2 is 2.33 bits per heavy atom. The van der Waals surface area contributed by atoms with Crippen molar-refractivity contribution in [2.45, 2.75) is 17.7 Å². The molecule has 1 saturated heterocycles. The molecule has 0 aliphatic carbocycles. The number of hydrogen-bond acceptors (Lipinski definition) is 5. The first-order valence-electron chi connectivity index (χ1n) is 6.53. The van der Waals surface area contributed by atoms with E-state index in [-0.39, 0.29) is 15.5 Å². The van der Waals surface area contributed by atoms with Crippen LogP contribution in [0.5, 0.6) is 0 Å². The lowest BCUT2D eigenvalue weighted by molar-refractivity contribution is 0.0661. The predicted molar refractivity (Wildman–Crippen MR) is 78.8 cm³/mol. The van der Waals surface area contributed by atoms with E-state index in [0.717, 1.165) is 25.5 Å². The van der Waals surface area contributed by atoms with Gasteiger partial charge in [0.05, 0.1) is 0 Å². The maximum Gasteiger partial charge on any atom is 0.371 e. The summed E-state index contributed by atoms with van der Waals surface area (Å²) in [5, 5.41) is 11.9. The van der Waals surface area contributed by atoms with Gasteiger partial charge in [-0.05, 0) is 48.3 Å². The minimum atomic E-state index is -3.76. The summed E-state index contributed by atoms with van der Waals surface area (Å²) in [5.74, 6) is -1.45. The lowest BCUT2D eigenvalue weighted by atomic mass is 10.00. The number of furan rings is 1. The molecule has 9 heteroatoms. The Morgan fingerprint density at radius 3 is 2.90 bits per heavy atom. The number of carboxylic acids is 1. The van der Waals surface area contributed by atoms with Crippen molar-refractivity contribution in [1.82, 2.24) is 9.62 Å². The van der Waals surface area contributed by atoms with Crippen molar-refractivity contribution in [2.24, 2.45) is 5.92 Å². The predicted octanol–water partition coefficient (Wildman–Crippen LogP) is 1.36. The van der Waals surface area contributed by atoms with E-state index >= 15 is 0 Å². The summed E-state index contributed by atoms with van der Waals surface area (Å²) in [7, 11) is -1.92. The topological polar surface area (TPSA) is 99.9 Å². The van der Waals surface area contributed by atoms with Crippen molar-refractivity contribution in [3.63, 3.8) is 0 Å². The van der Waals surface area contributed by atoms with Crippen molar-refractivity contribution >= 4 is 31.9 Å². The van der Waals surface area contributed by atoms with E-state index in [9.17, 15) is 13.2 Å². The first kappa shape index (κ1) is 16.5. The summed E-state index contributed by atoms with van der Waals surface area (Å²) in [6, 6.07) is 1.05. The van der Waals surface area contributed by atoms with E-state index in [4.69, 9.17) is 9.52 Å². The Kier molecular flexibility index (Phi) is 5.07. The standard InChI is InChI=1S/C12H17BrN2O5S/c1-14-6-8-3-2-4-15(7-8)21(18,19)10-5-9(12(16)17)20-11(10)13/h5,8,14H,2-4,6-7H2,1H3,(H,16,17). The van der Waals surface area contributed by atoms with Gasteiger partial charge in [0.15, 0.2) is 4.67 Å². The highest BCUT2D eigenvalue weighted by molar-refractivity contribution is 9.10. The van der Waals surface area contributed by atoms with Crippen LogP contribution in [0.25, 0.3) is 0 Å². The van der Waals surface area contributed by atoms with Gasteiger partial charge >= 0.3 is 5.97 Å². The number of hydrogen-bond donors (Lipinski definition) is 2. The molecule has 1 aliphatic heterocycles. The SMILES string of the molecule is CNCC1CCCN(S(=O)(=O)c2cc(C(=O)O)oc2Br)C1. The number of aromatic carboxylic acids is 1. The zero-order valence-corrected chi connectivity index (χ0v) is 13.9. The smallest absolute Gasteiger partial charge is 0.371 e. The Morgan fingerprint density at radius 1 is 1.62 bits per heavy atom. The van der Waals surface area contributed by atoms with Crippen LogP contribution in [-0.4, -0.2) is 50.5 Å². The highest BCUT2D eigenvalue weighted by Gasteiger charge is 2.33. The molecule has 0 amide bonds. The van der Waals surface area contributed by atoms with Crippen molar-refractivity contribution in [3.8, 4) is 0 Å². The molecular weight excluding hydrogens is 364 g/mol. The molecule has 2 N–H and O–H groups in total. The zero-order chi connectivity index (χ0) is 15.6. The van der Waals surface area contributed by atoms with Crippen molar-refractivity contribution in [2.75, 3.05) is 26.7 Å². The number of piperidine rings is 1. The van der Waals surface area contributed by atoms with E-state index in [1.54, 1.807) is 0 Å². The van der Waals surface area contributed by atoms with Gasteiger partial charge in [-0.3, -0.25) is 0 Å². The van der Waals surface area contributed by atoms with Gasteiger partial charge in [-0.25, -0.2) is 13.2 Å². The summed E-state index contributed by atoms with van der Waals surface area (Å²) in [6.07, 6.45) is 1.76. The molecular formula is C12H17BrN2O5S. The number of rotatable bonds is 5. The van der Waals surface area contributed by atoms with Crippen LogP contribution < -0.4 is 5.32 Å². The van der Waals surface area contributed by atoms with Crippen LogP contribution in [0.2, 0.25) is 0 Å². The van der Waals surface area contributed by atoms with Crippen molar-refractivity contribution < 1.29 is 22.7 Å². The summed E-state index contributed by atoms with van der Waals surface area (Å²) >= 11 is 2.99. The Labute approximate surface area is 131 Å². The third-order valence-electron chi connectivity index (χ3n) is 3.46. The Balaban J connectivity index is 2.27. The molecule has 0 saturated carbocycles.